The van der Waals surface area contributed by atoms with E-state index in [1.807, 2.05) is 18.1 Å². The minimum atomic E-state index is 0.0520. The first-order chi connectivity index (χ1) is 10.6. The lowest BCUT2D eigenvalue weighted by molar-refractivity contribution is -0.125. The van der Waals surface area contributed by atoms with E-state index in [0.29, 0.717) is 11.2 Å². The zero-order valence-electron chi connectivity index (χ0n) is 13.7. The summed E-state index contributed by atoms with van der Waals surface area (Å²) in [6.45, 7) is 7.46. The summed E-state index contributed by atoms with van der Waals surface area (Å²) in [5.74, 6) is 2.06. The summed E-state index contributed by atoms with van der Waals surface area (Å²) in [4.78, 5) is 17.3. The highest BCUT2D eigenvalue weighted by Crippen LogP contribution is 2.29. The van der Waals surface area contributed by atoms with Crippen LogP contribution in [0, 0.1) is 5.92 Å². The van der Waals surface area contributed by atoms with E-state index >= 15 is 0 Å². The zero-order valence-corrected chi connectivity index (χ0v) is 14.6. The third-order valence-corrected chi connectivity index (χ3v) is 6.26. The molecular formula is C16H26N4OS. The van der Waals surface area contributed by atoms with Gasteiger partial charge in [-0.15, -0.1) is 0 Å². The predicted molar refractivity (Wildman–Crippen MR) is 91.2 cm³/mol. The van der Waals surface area contributed by atoms with E-state index in [1.54, 1.807) is 10.9 Å². The average Bonchev–Trinajstić information content (AvgIpc) is 2.94. The van der Waals surface area contributed by atoms with Gasteiger partial charge in [0, 0.05) is 43.9 Å². The molecular weight excluding hydrogens is 296 g/mol. The van der Waals surface area contributed by atoms with Crippen molar-refractivity contribution in [2.75, 3.05) is 30.3 Å². The van der Waals surface area contributed by atoms with Crippen LogP contribution in [-0.2, 0) is 11.8 Å². The fraction of sp³-hybridized carbons (Fsp3) is 0.750. The van der Waals surface area contributed by atoms with Gasteiger partial charge in [-0.1, -0.05) is 13.8 Å². The molecule has 2 aliphatic rings. The molecule has 5 nitrogen and oxygen atoms in total. The van der Waals surface area contributed by atoms with Crippen molar-refractivity contribution in [3.63, 3.8) is 0 Å². The Morgan fingerprint density at radius 3 is 2.86 bits per heavy atom. The van der Waals surface area contributed by atoms with Crippen LogP contribution < -0.4 is 4.90 Å². The maximum absolute atomic E-state index is 13.0. The van der Waals surface area contributed by atoms with Gasteiger partial charge in [0.15, 0.2) is 0 Å². The van der Waals surface area contributed by atoms with Gasteiger partial charge in [-0.2, -0.15) is 16.9 Å². The quantitative estimate of drug-likeness (QED) is 0.853. The normalized spacial score (nSPS) is 27.6. The first-order valence-corrected chi connectivity index (χ1v) is 9.27. The third-order valence-electron chi connectivity index (χ3n) is 4.72. The molecule has 22 heavy (non-hydrogen) atoms. The summed E-state index contributed by atoms with van der Waals surface area (Å²) >= 11 is 2.06. The topological polar surface area (TPSA) is 41.4 Å². The maximum atomic E-state index is 13.0. The average molecular weight is 322 g/mol. The second-order valence-electron chi connectivity index (χ2n) is 6.67. The molecule has 3 heterocycles. The number of thioether (sulfide) groups is 1. The molecule has 0 spiro atoms. The van der Waals surface area contributed by atoms with Crippen molar-refractivity contribution in [2.24, 2.45) is 13.0 Å². The molecule has 3 rings (SSSR count). The van der Waals surface area contributed by atoms with E-state index in [0.717, 1.165) is 43.9 Å². The number of aromatic nitrogens is 2. The summed E-state index contributed by atoms with van der Waals surface area (Å²) in [5, 5.41) is 4.85. The number of amides is 1. The summed E-state index contributed by atoms with van der Waals surface area (Å²) in [5.41, 5.74) is 0.934. The summed E-state index contributed by atoms with van der Waals surface area (Å²) in [7, 11) is 1.89. The Morgan fingerprint density at radius 2 is 2.18 bits per heavy atom. The standard InChI is InChI=1S/C16H26N4OS/c1-12(2)15-11-19(7-8-22-15)14-5-4-6-20(16(14)21)13-9-17-18(3)10-13/h9-10,12,14-15H,4-8,11H2,1-3H3/t14-,15-/m1/s1. The van der Waals surface area contributed by atoms with Crippen LogP contribution in [0.4, 0.5) is 5.69 Å². The van der Waals surface area contributed by atoms with Gasteiger partial charge >= 0.3 is 0 Å². The van der Waals surface area contributed by atoms with Crippen molar-refractivity contribution in [3.8, 4) is 0 Å². The molecule has 2 saturated heterocycles. The molecule has 0 radical (unpaired) electrons. The molecule has 1 aromatic heterocycles. The van der Waals surface area contributed by atoms with Crippen LogP contribution in [0.5, 0.6) is 0 Å². The molecule has 0 bridgehead atoms. The molecule has 0 saturated carbocycles. The van der Waals surface area contributed by atoms with Crippen LogP contribution in [0.15, 0.2) is 12.4 Å². The number of anilines is 1. The number of rotatable bonds is 3. The molecule has 2 aliphatic heterocycles. The van der Waals surface area contributed by atoms with Crippen molar-refractivity contribution in [1.82, 2.24) is 14.7 Å². The van der Waals surface area contributed by atoms with Crippen molar-refractivity contribution < 1.29 is 4.79 Å². The van der Waals surface area contributed by atoms with E-state index in [1.165, 1.54) is 0 Å². The van der Waals surface area contributed by atoms with Gasteiger partial charge in [0.1, 0.15) is 0 Å². The Kier molecular flexibility index (Phi) is 4.78. The van der Waals surface area contributed by atoms with Gasteiger partial charge < -0.3 is 4.90 Å². The van der Waals surface area contributed by atoms with Gasteiger partial charge in [0.05, 0.1) is 17.9 Å². The largest absolute Gasteiger partial charge is 0.308 e. The first kappa shape index (κ1) is 15.9. The highest BCUT2D eigenvalue weighted by Gasteiger charge is 2.37. The number of piperidine rings is 1. The Hall–Kier alpha value is -1.01. The number of hydrogen-bond acceptors (Lipinski definition) is 4. The monoisotopic (exact) mass is 322 g/mol. The number of carbonyl (C=O) groups is 1. The van der Waals surface area contributed by atoms with E-state index in [-0.39, 0.29) is 11.9 Å². The van der Waals surface area contributed by atoms with Crippen LogP contribution in [0.2, 0.25) is 0 Å². The zero-order chi connectivity index (χ0) is 15.7. The van der Waals surface area contributed by atoms with Crippen LogP contribution in [0.25, 0.3) is 0 Å². The highest BCUT2D eigenvalue weighted by atomic mass is 32.2. The van der Waals surface area contributed by atoms with Gasteiger partial charge in [0.25, 0.3) is 0 Å². The van der Waals surface area contributed by atoms with Crippen molar-refractivity contribution in [2.45, 2.75) is 38.0 Å². The molecule has 0 aromatic carbocycles. The second-order valence-corrected chi connectivity index (χ2v) is 8.02. The molecule has 0 unspecified atom stereocenters. The van der Waals surface area contributed by atoms with Gasteiger partial charge in [0.2, 0.25) is 5.91 Å². The molecule has 0 aliphatic carbocycles. The Labute approximate surface area is 137 Å². The van der Waals surface area contributed by atoms with Crippen LogP contribution in [-0.4, -0.2) is 57.3 Å². The number of carbonyl (C=O) groups excluding carboxylic acids is 1. The fourth-order valence-corrected chi connectivity index (χ4v) is 4.71. The maximum Gasteiger partial charge on any atom is 0.244 e. The van der Waals surface area contributed by atoms with Gasteiger partial charge in [-0.05, 0) is 18.8 Å². The molecule has 6 heteroatoms. The fourth-order valence-electron chi connectivity index (χ4n) is 3.38. The Balaban J connectivity index is 1.72. The minimum Gasteiger partial charge on any atom is -0.308 e. The third kappa shape index (κ3) is 3.18. The molecule has 1 amide bonds. The molecule has 1 aromatic rings. The molecule has 122 valence electrons. The lowest BCUT2D eigenvalue weighted by Crippen LogP contribution is -2.56. The number of hydrogen-bond donors (Lipinski definition) is 0. The molecule has 2 fully saturated rings. The van der Waals surface area contributed by atoms with E-state index < -0.39 is 0 Å². The van der Waals surface area contributed by atoms with Crippen molar-refractivity contribution in [1.29, 1.82) is 0 Å². The van der Waals surface area contributed by atoms with Gasteiger partial charge in [-0.25, -0.2) is 0 Å². The summed E-state index contributed by atoms with van der Waals surface area (Å²) in [6.07, 6.45) is 5.79. The smallest absolute Gasteiger partial charge is 0.244 e. The van der Waals surface area contributed by atoms with Crippen molar-refractivity contribution >= 4 is 23.4 Å². The van der Waals surface area contributed by atoms with Crippen LogP contribution in [0.3, 0.4) is 0 Å². The molecule has 2 atom stereocenters. The lowest BCUT2D eigenvalue weighted by Gasteiger charge is -2.42. The number of aryl methyl sites for hydroxylation is 1. The van der Waals surface area contributed by atoms with E-state index in [4.69, 9.17) is 0 Å². The Morgan fingerprint density at radius 1 is 1.36 bits per heavy atom. The summed E-state index contributed by atoms with van der Waals surface area (Å²) < 4.78 is 1.76. The van der Waals surface area contributed by atoms with Gasteiger partial charge in [-0.3, -0.25) is 14.4 Å². The number of nitrogens with zero attached hydrogens (tertiary/aromatic N) is 4. The van der Waals surface area contributed by atoms with Crippen LogP contribution in [0.1, 0.15) is 26.7 Å². The molecule has 0 N–H and O–H groups in total. The summed E-state index contributed by atoms with van der Waals surface area (Å²) in [6, 6.07) is 0.0520. The second kappa shape index (κ2) is 6.62. The predicted octanol–water partition coefficient (Wildman–Crippen LogP) is 1.99. The first-order valence-electron chi connectivity index (χ1n) is 8.22. The van der Waals surface area contributed by atoms with E-state index in [2.05, 4.69) is 35.6 Å². The lowest BCUT2D eigenvalue weighted by atomic mass is 10.0. The van der Waals surface area contributed by atoms with E-state index in [9.17, 15) is 4.79 Å². The van der Waals surface area contributed by atoms with Crippen molar-refractivity contribution in [3.05, 3.63) is 12.4 Å². The SMILES string of the molecule is CC(C)[C@H]1CN([C@@H]2CCCN(c3cnn(C)c3)C2=O)CCS1. The highest BCUT2D eigenvalue weighted by molar-refractivity contribution is 8.00. The van der Waals surface area contributed by atoms with Crippen LogP contribution >= 0.6 is 11.8 Å². The Bertz CT molecular complexity index is 530. The minimum absolute atomic E-state index is 0.0520.